The maximum absolute atomic E-state index is 14.6. The highest BCUT2D eigenvalue weighted by Crippen LogP contribution is 2.34. The molecule has 1 nitrogen and oxygen atoms in total. The first-order valence-corrected chi connectivity index (χ1v) is 8.47. The predicted octanol–water partition coefficient (Wildman–Crippen LogP) is 6.18. The molecule has 1 fully saturated rings. The molecule has 0 N–H and O–H groups in total. The minimum Gasteiger partial charge on any atom is -0.373 e. The Balaban J connectivity index is 1.85. The van der Waals surface area contributed by atoms with Crippen LogP contribution in [0, 0.1) is 29.2 Å². The van der Waals surface area contributed by atoms with Gasteiger partial charge in [-0.15, -0.1) is 0 Å². The Morgan fingerprint density at radius 3 is 2.52 bits per heavy atom. The van der Waals surface area contributed by atoms with Crippen LogP contribution in [0.3, 0.4) is 0 Å². The Labute approximate surface area is 146 Å². The van der Waals surface area contributed by atoms with Gasteiger partial charge in [0.2, 0.25) is 0 Å². The Bertz CT molecular complexity index is 801. The second-order valence-electron chi connectivity index (χ2n) is 6.45. The van der Waals surface area contributed by atoms with Gasteiger partial charge in [0.1, 0.15) is 5.82 Å². The molecule has 1 heterocycles. The van der Waals surface area contributed by atoms with E-state index in [1.165, 1.54) is 12.1 Å². The number of ether oxygens (including phenoxy) is 1. The minimum absolute atomic E-state index is 0.142. The molecule has 1 aliphatic rings. The van der Waals surface area contributed by atoms with Gasteiger partial charge in [0, 0.05) is 5.56 Å². The van der Waals surface area contributed by atoms with Gasteiger partial charge in [0.25, 0.3) is 0 Å². The summed E-state index contributed by atoms with van der Waals surface area (Å²) in [6.45, 7) is 2.76. The van der Waals surface area contributed by atoms with Crippen LogP contribution in [-0.2, 0) is 4.74 Å². The van der Waals surface area contributed by atoms with E-state index in [1.807, 2.05) is 0 Å². The van der Waals surface area contributed by atoms with E-state index < -0.39 is 29.3 Å². The third-order valence-electron chi connectivity index (χ3n) is 4.64. The molecule has 1 aliphatic heterocycles. The van der Waals surface area contributed by atoms with Crippen molar-refractivity contribution in [2.24, 2.45) is 5.92 Å². The van der Waals surface area contributed by atoms with Crippen molar-refractivity contribution >= 4 is 0 Å². The Kier molecular flexibility index (Phi) is 5.02. The molecule has 0 bridgehead atoms. The lowest BCUT2D eigenvalue weighted by Crippen LogP contribution is -2.20. The van der Waals surface area contributed by atoms with Gasteiger partial charge in [-0.25, -0.2) is 17.6 Å². The zero-order valence-electron chi connectivity index (χ0n) is 14.9. The van der Waals surface area contributed by atoms with Gasteiger partial charge in [-0.3, -0.25) is 0 Å². The summed E-state index contributed by atoms with van der Waals surface area (Å²) in [6.07, 6.45) is 3.78. The van der Waals surface area contributed by atoms with E-state index in [9.17, 15) is 17.6 Å². The van der Waals surface area contributed by atoms with E-state index in [1.54, 1.807) is 6.07 Å². The van der Waals surface area contributed by atoms with Crippen LogP contribution >= 0.6 is 0 Å². The fraction of sp³-hybridized carbons (Fsp3) is 0.400. The first-order chi connectivity index (χ1) is 12.4. The molecule has 0 aliphatic carbocycles. The minimum atomic E-state index is -1.73. The lowest BCUT2D eigenvalue weighted by Gasteiger charge is -2.29. The zero-order chi connectivity index (χ0) is 18.8. The summed E-state index contributed by atoms with van der Waals surface area (Å²) in [5.41, 5.74) is 0.185. The van der Waals surface area contributed by atoms with E-state index in [0.717, 1.165) is 25.7 Å². The van der Waals surface area contributed by atoms with Crippen molar-refractivity contribution in [3.05, 3.63) is 59.1 Å². The van der Waals surface area contributed by atoms with E-state index in [2.05, 4.69) is 6.92 Å². The Morgan fingerprint density at radius 2 is 1.88 bits per heavy atom. The van der Waals surface area contributed by atoms with Crippen LogP contribution in [0.25, 0.3) is 11.1 Å². The first-order valence-electron chi connectivity index (χ1n) is 8.97. The van der Waals surface area contributed by atoms with Crippen molar-refractivity contribution in [2.75, 3.05) is 6.61 Å². The fourth-order valence-corrected chi connectivity index (χ4v) is 3.30. The Hall–Kier alpha value is -1.88. The number of halogens is 4. The van der Waals surface area contributed by atoms with Crippen molar-refractivity contribution in [3.8, 4) is 11.1 Å². The van der Waals surface area contributed by atoms with Gasteiger partial charge in [0.05, 0.1) is 14.1 Å². The van der Waals surface area contributed by atoms with Crippen molar-refractivity contribution < 1.29 is 23.7 Å². The summed E-state index contributed by atoms with van der Waals surface area (Å²) in [7, 11) is 0. The van der Waals surface area contributed by atoms with Gasteiger partial charge >= 0.3 is 0 Å². The third-order valence-corrected chi connectivity index (χ3v) is 4.64. The standard InChI is InChI=1S/C20H20F4O/c1-2-3-12-4-7-19(25-11-12)13-5-6-15(16(21)8-13)14-9-17(22)20(24)18(23)10-14/h5-6,8-10,12,19H,2-4,7,11H2,1H3/i9D. The fourth-order valence-electron chi connectivity index (χ4n) is 3.30. The van der Waals surface area contributed by atoms with Gasteiger partial charge in [-0.1, -0.05) is 25.5 Å². The number of benzene rings is 2. The molecule has 2 aromatic rings. The van der Waals surface area contributed by atoms with Crippen molar-refractivity contribution in [3.63, 3.8) is 0 Å². The van der Waals surface area contributed by atoms with Crippen molar-refractivity contribution in [2.45, 2.75) is 38.7 Å². The topological polar surface area (TPSA) is 9.23 Å². The molecule has 3 rings (SSSR count). The van der Waals surface area contributed by atoms with Crippen LogP contribution in [0.1, 0.15) is 45.6 Å². The van der Waals surface area contributed by atoms with Gasteiger partial charge in [-0.2, -0.15) is 0 Å². The summed E-state index contributed by atoms with van der Waals surface area (Å²) in [5, 5.41) is 0. The highest BCUT2D eigenvalue weighted by molar-refractivity contribution is 5.64. The molecule has 0 spiro atoms. The number of hydrogen-bond donors (Lipinski definition) is 0. The molecular weight excluding hydrogens is 332 g/mol. The third kappa shape index (κ3) is 3.87. The predicted molar refractivity (Wildman–Crippen MR) is 88.0 cm³/mol. The van der Waals surface area contributed by atoms with E-state index in [-0.39, 0.29) is 17.2 Å². The summed E-state index contributed by atoms with van der Waals surface area (Å²) >= 11 is 0. The molecule has 0 radical (unpaired) electrons. The molecule has 0 amide bonds. The largest absolute Gasteiger partial charge is 0.373 e. The van der Waals surface area contributed by atoms with E-state index in [0.29, 0.717) is 24.2 Å². The molecular formula is C20H20F4O. The quantitative estimate of drug-likeness (QED) is 0.471. The monoisotopic (exact) mass is 353 g/mol. The normalized spacial score (nSPS) is 21.2. The second kappa shape index (κ2) is 7.56. The summed E-state index contributed by atoms with van der Waals surface area (Å²) in [5.74, 6) is -5.00. The van der Waals surface area contributed by atoms with E-state index in [4.69, 9.17) is 6.11 Å². The number of rotatable bonds is 4. The zero-order valence-corrected chi connectivity index (χ0v) is 13.9. The molecule has 2 unspecified atom stereocenters. The Morgan fingerprint density at radius 1 is 1.08 bits per heavy atom. The van der Waals surface area contributed by atoms with Gasteiger partial charge < -0.3 is 4.74 Å². The maximum atomic E-state index is 14.6. The highest BCUT2D eigenvalue weighted by Gasteiger charge is 2.23. The molecule has 2 atom stereocenters. The average molecular weight is 353 g/mol. The average Bonchev–Trinajstić information content (AvgIpc) is 2.64. The van der Waals surface area contributed by atoms with Gasteiger partial charge in [0.15, 0.2) is 17.5 Å². The number of hydrogen-bond acceptors (Lipinski definition) is 1. The van der Waals surface area contributed by atoms with E-state index >= 15 is 0 Å². The van der Waals surface area contributed by atoms with Crippen LogP contribution in [-0.4, -0.2) is 6.61 Å². The SMILES string of the molecule is [2H]c1c(-c2ccc(C3CCC(CCC)CO3)cc2F)cc(F)c(F)c1F. The molecule has 134 valence electrons. The molecule has 2 aromatic carbocycles. The first kappa shape index (κ1) is 16.6. The lowest BCUT2D eigenvalue weighted by atomic mass is 9.91. The molecule has 0 aromatic heterocycles. The van der Waals surface area contributed by atoms with Crippen LogP contribution in [0.5, 0.6) is 0 Å². The van der Waals surface area contributed by atoms with Crippen molar-refractivity contribution in [1.29, 1.82) is 0 Å². The summed E-state index contributed by atoms with van der Waals surface area (Å²) < 4.78 is 68.3. The van der Waals surface area contributed by atoms with Crippen LogP contribution in [0.4, 0.5) is 17.6 Å². The maximum Gasteiger partial charge on any atom is 0.194 e. The smallest absolute Gasteiger partial charge is 0.194 e. The summed E-state index contributed by atoms with van der Waals surface area (Å²) in [6, 6.07) is 4.02. The van der Waals surface area contributed by atoms with Crippen LogP contribution < -0.4 is 0 Å². The van der Waals surface area contributed by atoms with Crippen LogP contribution in [0.2, 0.25) is 0 Å². The van der Waals surface area contributed by atoms with Crippen molar-refractivity contribution in [1.82, 2.24) is 0 Å². The summed E-state index contributed by atoms with van der Waals surface area (Å²) in [4.78, 5) is 0. The molecule has 1 saturated heterocycles. The van der Waals surface area contributed by atoms with Crippen LogP contribution in [0.15, 0.2) is 30.3 Å². The molecule has 25 heavy (non-hydrogen) atoms. The molecule has 0 saturated carbocycles. The lowest BCUT2D eigenvalue weighted by molar-refractivity contribution is -0.0195. The second-order valence-corrected chi connectivity index (χ2v) is 6.45. The highest BCUT2D eigenvalue weighted by atomic mass is 19.2. The van der Waals surface area contributed by atoms with Gasteiger partial charge in [-0.05, 0) is 54.5 Å². The molecule has 5 heteroatoms.